The molecular formula is C13H10N2O. The van der Waals surface area contributed by atoms with Gasteiger partial charge in [0.2, 0.25) is 0 Å². The fourth-order valence-corrected chi connectivity index (χ4v) is 1.25. The molecule has 0 atom stereocenters. The highest BCUT2D eigenvalue weighted by Crippen LogP contribution is 1.94. The Morgan fingerprint density at radius 1 is 1.19 bits per heavy atom. The molecule has 0 aliphatic rings. The van der Waals surface area contributed by atoms with E-state index < -0.39 is 0 Å². The van der Waals surface area contributed by atoms with Crippen LogP contribution in [-0.4, -0.2) is 9.55 Å². The summed E-state index contributed by atoms with van der Waals surface area (Å²) in [5, 5.41) is 0. The zero-order chi connectivity index (χ0) is 11.2. The topological polar surface area (TPSA) is 34.9 Å². The molecule has 0 saturated carbocycles. The standard InChI is InChI=1S/C13H10N2O/c16-13-8-9-14-11-15(13)10-4-7-12-5-2-1-3-6-12/h1-3,5-6,8-9,11H,10H2. The lowest BCUT2D eigenvalue weighted by Gasteiger charge is -1.96. The molecule has 0 fully saturated rings. The molecule has 0 unspecified atom stereocenters. The van der Waals surface area contributed by atoms with Gasteiger partial charge in [-0.2, -0.15) is 0 Å². The van der Waals surface area contributed by atoms with Crippen molar-refractivity contribution in [3.63, 3.8) is 0 Å². The van der Waals surface area contributed by atoms with Crippen LogP contribution in [0.4, 0.5) is 0 Å². The maximum atomic E-state index is 11.3. The third-order valence-corrected chi connectivity index (χ3v) is 2.05. The highest BCUT2D eigenvalue weighted by atomic mass is 16.1. The molecule has 0 spiro atoms. The first-order valence-electron chi connectivity index (χ1n) is 4.90. The second-order valence-corrected chi connectivity index (χ2v) is 3.21. The quantitative estimate of drug-likeness (QED) is 0.665. The van der Waals surface area contributed by atoms with Gasteiger partial charge in [-0.1, -0.05) is 30.0 Å². The van der Waals surface area contributed by atoms with Crippen molar-refractivity contribution in [1.82, 2.24) is 9.55 Å². The Balaban J connectivity index is 2.12. The summed E-state index contributed by atoms with van der Waals surface area (Å²) < 4.78 is 1.47. The summed E-state index contributed by atoms with van der Waals surface area (Å²) in [4.78, 5) is 15.2. The summed E-state index contributed by atoms with van der Waals surface area (Å²) in [5.41, 5.74) is 0.858. The van der Waals surface area contributed by atoms with Crippen molar-refractivity contribution in [1.29, 1.82) is 0 Å². The highest BCUT2D eigenvalue weighted by molar-refractivity contribution is 5.33. The number of hydrogen-bond donors (Lipinski definition) is 0. The Morgan fingerprint density at radius 3 is 2.75 bits per heavy atom. The Labute approximate surface area is 93.4 Å². The molecule has 78 valence electrons. The molecule has 0 saturated heterocycles. The SMILES string of the molecule is O=c1ccncn1CC#Cc1ccccc1. The molecule has 0 radical (unpaired) electrons. The van der Waals surface area contributed by atoms with Gasteiger partial charge in [0.1, 0.15) is 0 Å². The zero-order valence-corrected chi connectivity index (χ0v) is 8.63. The van der Waals surface area contributed by atoms with Gasteiger partial charge in [0.15, 0.2) is 0 Å². The first-order valence-corrected chi connectivity index (χ1v) is 4.90. The lowest BCUT2D eigenvalue weighted by Crippen LogP contribution is -2.17. The molecule has 3 heteroatoms. The van der Waals surface area contributed by atoms with Crippen LogP contribution in [0.25, 0.3) is 0 Å². The van der Waals surface area contributed by atoms with E-state index in [-0.39, 0.29) is 5.56 Å². The third kappa shape index (κ3) is 2.58. The molecule has 1 aromatic carbocycles. The van der Waals surface area contributed by atoms with Crippen LogP contribution in [0.1, 0.15) is 5.56 Å². The minimum atomic E-state index is -0.0858. The van der Waals surface area contributed by atoms with Crippen LogP contribution >= 0.6 is 0 Å². The molecule has 0 aliphatic heterocycles. The van der Waals surface area contributed by atoms with Gasteiger partial charge < -0.3 is 0 Å². The van der Waals surface area contributed by atoms with Crippen LogP contribution in [0.15, 0.2) is 53.7 Å². The molecule has 0 amide bonds. The van der Waals surface area contributed by atoms with Crippen LogP contribution < -0.4 is 5.56 Å². The lowest BCUT2D eigenvalue weighted by atomic mass is 10.2. The monoisotopic (exact) mass is 210 g/mol. The summed E-state index contributed by atoms with van der Waals surface area (Å²) in [6.45, 7) is 0.363. The Kier molecular flexibility index (Phi) is 3.15. The molecule has 0 N–H and O–H groups in total. The average molecular weight is 210 g/mol. The maximum Gasteiger partial charge on any atom is 0.254 e. The molecule has 2 aromatic rings. The van der Waals surface area contributed by atoms with Crippen molar-refractivity contribution in [3.05, 3.63) is 64.8 Å². The fraction of sp³-hybridized carbons (Fsp3) is 0.0769. The van der Waals surface area contributed by atoms with Crippen LogP contribution in [0.2, 0.25) is 0 Å². The van der Waals surface area contributed by atoms with E-state index in [1.54, 1.807) is 0 Å². The van der Waals surface area contributed by atoms with E-state index in [9.17, 15) is 4.79 Å². The summed E-state index contributed by atoms with van der Waals surface area (Å²) in [7, 11) is 0. The van der Waals surface area contributed by atoms with E-state index in [4.69, 9.17) is 0 Å². The van der Waals surface area contributed by atoms with E-state index in [2.05, 4.69) is 16.8 Å². The number of rotatable bonds is 1. The molecule has 0 bridgehead atoms. The van der Waals surface area contributed by atoms with E-state index in [1.807, 2.05) is 30.3 Å². The lowest BCUT2D eigenvalue weighted by molar-refractivity contribution is 0.768. The van der Waals surface area contributed by atoms with Gasteiger partial charge in [-0.15, -0.1) is 0 Å². The number of hydrogen-bond acceptors (Lipinski definition) is 2. The third-order valence-electron chi connectivity index (χ3n) is 2.05. The maximum absolute atomic E-state index is 11.3. The number of nitrogens with zero attached hydrogens (tertiary/aromatic N) is 2. The van der Waals surface area contributed by atoms with Gasteiger partial charge in [-0.05, 0) is 12.1 Å². The van der Waals surface area contributed by atoms with E-state index in [1.165, 1.54) is 23.2 Å². The predicted octanol–water partition coefficient (Wildman–Crippen LogP) is 1.30. The van der Waals surface area contributed by atoms with E-state index >= 15 is 0 Å². The van der Waals surface area contributed by atoms with Crippen molar-refractivity contribution in [2.45, 2.75) is 6.54 Å². The molecular weight excluding hydrogens is 200 g/mol. The summed E-state index contributed by atoms with van der Waals surface area (Å²) >= 11 is 0. The second kappa shape index (κ2) is 4.94. The molecule has 1 aromatic heterocycles. The van der Waals surface area contributed by atoms with Crippen LogP contribution in [0.3, 0.4) is 0 Å². The largest absolute Gasteiger partial charge is 0.287 e. The van der Waals surface area contributed by atoms with E-state index in [0.717, 1.165) is 5.56 Å². The highest BCUT2D eigenvalue weighted by Gasteiger charge is 1.89. The summed E-state index contributed by atoms with van der Waals surface area (Å²) in [6.07, 6.45) is 2.96. The van der Waals surface area contributed by atoms with Gasteiger partial charge in [-0.3, -0.25) is 9.36 Å². The minimum absolute atomic E-state index is 0.0858. The van der Waals surface area contributed by atoms with Gasteiger partial charge in [0, 0.05) is 17.8 Å². The predicted molar refractivity (Wildman–Crippen MR) is 61.8 cm³/mol. The van der Waals surface area contributed by atoms with Gasteiger partial charge in [-0.25, -0.2) is 4.98 Å². The van der Waals surface area contributed by atoms with E-state index in [0.29, 0.717) is 6.54 Å². The Hall–Kier alpha value is -2.34. The van der Waals surface area contributed by atoms with Crippen LogP contribution in [0, 0.1) is 11.8 Å². The first-order chi connectivity index (χ1) is 7.86. The molecule has 1 heterocycles. The van der Waals surface area contributed by atoms with Crippen molar-refractivity contribution in [3.8, 4) is 11.8 Å². The molecule has 0 aliphatic carbocycles. The number of aromatic nitrogens is 2. The van der Waals surface area contributed by atoms with Gasteiger partial charge in [0.05, 0.1) is 12.9 Å². The van der Waals surface area contributed by atoms with Gasteiger partial charge in [0.25, 0.3) is 5.56 Å². The van der Waals surface area contributed by atoms with Crippen molar-refractivity contribution in [2.24, 2.45) is 0 Å². The van der Waals surface area contributed by atoms with Crippen molar-refractivity contribution < 1.29 is 0 Å². The Bertz CT molecular complexity index is 576. The smallest absolute Gasteiger partial charge is 0.254 e. The van der Waals surface area contributed by atoms with Gasteiger partial charge >= 0.3 is 0 Å². The molecule has 16 heavy (non-hydrogen) atoms. The van der Waals surface area contributed by atoms with Crippen molar-refractivity contribution in [2.75, 3.05) is 0 Å². The van der Waals surface area contributed by atoms with Crippen LogP contribution in [0.5, 0.6) is 0 Å². The average Bonchev–Trinajstić information content (AvgIpc) is 2.33. The van der Waals surface area contributed by atoms with Crippen molar-refractivity contribution >= 4 is 0 Å². The molecule has 2 rings (SSSR count). The number of benzene rings is 1. The zero-order valence-electron chi connectivity index (χ0n) is 8.63. The second-order valence-electron chi connectivity index (χ2n) is 3.21. The summed E-state index contributed by atoms with van der Waals surface area (Å²) in [5.74, 6) is 5.91. The van der Waals surface area contributed by atoms with Crippen LogP contribution in [-0.2, 0) is 6.54 Å². The minimum Gasteiger partial charge on any atom is -0.287 e. The normalized spacial score (nSPS) is 9.25. The summed E-state index contributed by atoms with van der Waals surface area (Å²) in [6, 6.07) is 11.1. The fourth-order valence-electron chi connectivity index (χ4n) is 1.25. The first kappa shape index (κ1) is 10.2. The Morgan fingerprint density at radius 2 is 2.00 bits per heavy atom. The molecule has 3 nitrogen and oxygen atoms in total.